The quantitative estimate of drug-likeness (QED) is 0.785. The highest BCUT2D eigenvalue weighted by Gasteiger charge is 2.20. The molecule has 4 heteroatoms. The first-order valence-corrected chi connectivity index (χ1v) is 6.46. The maximum absolute atomic E-state index is 11.9. The Balaban J connectivity index is 1.77. The van der Waals surface area contributed by atoms with Gasteiger partial charge in [-0.25, -0.2) is 4.79 Å². The van der Waals surface area contributed by atoms with Gasteiger partial charge in [-0.05, 0) is 24.0 Å². The first kappa shape index (κ1) is 13.5. The summed E-state index contributed by atoms with van der Waals surface area (Å²) in [5.74, 6) is 0. The zero-order valence-electron chi connectivity index (χ0n) is 11.2. The third-order valence-electron chi connectivity index (χ3n) is 3.15. The normalized spacial score (nSPS) is 15.0. The number of hydrogen-bond acceptors (Lipinski definition) is 3. The maximum atomic E-state index is 11.9. The van der Waals surface area contributed by atoms with Crippen LogP contribution in [0.15, 0.2) is 42.2 Å². The summed E-state index contributed by atoms with van der Waals surface area (Å²) in [7, 11) is 1.65. The number of hydrogen-bond donors (Lipinski definition) is 0. The minimum atomic E-state index is -0.236. The fourth-order valence-electron chi connectivity index (χ4n) is 2.07. The summed E-state index contributed by atoms with van der Waals surface area (Å²) in [5, 5.41) is 0. The minimum absolute atomic E-state index is 0.236. The van der Waals surface area contributed by atoms with Crippen LogP contribution < -0.4 is 0 Å². The smallest absolute Gasteiger partial charge is 0.410 e. The van der Waals surface area contributed by atoms with E-state index in [2.05, 4.69) is 0 Å². The lowest BCUT2D eigenvalue weighted by atomic mass is 10.1. The van der Waals surface area contributed by atoms with Gasteiger partial charge in [0.15, 0.2) is 0 Å². The lowest BCUT2D eigenvalue weighted by Gasteiger charge is -2.27. The van der Waals surface area contributed by atoms with Crippen LogP contribution in [0.25, 0.3) is 0 Å². The van der Waals surface area contributed by atoms with Gasteiger partial charge in [0.05, 0.1) is 13.4 Å². The molecular weight excluding hydrogens is 242 g/mol. The van der Waals surface area contributed by atoms with Crippen LogP contribution in [0.5, 0.6) is 0 Å². The summed E-state index contributed by atoms with van der Waals surface area (Å²) in [6.07, 6.45) is 3.25. The van der Waals surface area contributed by atoms with E-state index in [9.17, 15) is 4.79 Å². The Morgan fingerprint density at radius 2 is 1.95 bits per heavy atom. The van der Waals surface area contributed by atoms with E-state index in [-0.39, 0.29) is 6.09 Å². The maximum Gasteiger partial charge on any atom is 0.410 e. The second-order valence-corrected chi connectivity index (χ2v) is 4.54. The van der Waals surface area contributed by atoms with Crippen LogP contribution in [-0.4, -0.2) is 31.2 Å². The Morgan fingerprint density at radius 1 is 1.26 bits per heavy atom. The van der Waals surface area contributed by atoms with E-state index < -0.39 is 0 Å². The first-order valence-electron chi connectivity index (χ1n) is 6.46. The van der Waals surface area contributed by atoms with Gasteiger partial charge in [-0.3, -0.25) is 0 Å². The van der Waals surface area contributed by atoms with Crippen LogP contribution in [-0.2, 0) is 16.1 Å². The lowest BCUT2D eigenvalue weighted by Crippen LogP contribution is -2.36. The molecule has 4 nitrogen and oxygen atoms in total. The molecule has 102 valence electrons. The van der Waals surface area contributed by atoms with E-state index in [1.165, 1.54) is 5.57 Å². The summed E-state index contributed by atoms with van der Waals surface area (Å²) >= 11 is 0. The average Bonchev–Trinajstić information content (AvgIpc) is 2.47. The molecule has 1 fully saturated rings. The third-order valence-corrected chi connectivity index (χ3v) is 3.15. The Morgan fingerprint density at radius 3 is 2.58 bits per heavy atom. The Bertz CT molecular complexity index is 432. The molecule has 1 aliphatic rings. The Kier molecular flexibility index (Phi) is 4.84. The molecule has 1 amide bonds. The van der Waals surface area contributed by atoms with Crippen molar-refractivity contribution in [3.63, 3.8) is 0 Å². The standard InChI is InChI=1S/C15H19NO3/c1-18-11-14-7-9-16(10-8-14)15(17)19-12-13-5-3-2-4-6-13/h2-6,11H,7-10,12H2,1H3. The van der Waals surface area contributed by atoms with Crippen LogP contribution in [0, 0.1) is 0 Å². The van der Waals surface area contributed by atoms with E-state index in [0.29, 0.717) is 19.7 Å². The molecule has 1 aromatic carbocycles. The summed E-state index contributed by atoms with van der Waals surface area (Å²) < 4.78 is 10.3. The molecule has 0 atom stereocenters. The monoisotopic (exact) mass is 261 g/mol. The number of benzene rings is 1. The van der Waals surface area contributed by atoms with Gasteiger partial charge in [-0.2, -0.15) is 0 Å². The highest BCUT2D eigenvalue weighted by atomic mass is 16.6. The van der Waals surface area contributed by atoms with Gasteiger partial charge in [0, 0.05) is 13.1 Å². The second kappa shape index (κ2) is 6.83. The molecule has 1 aliphatic heterocycles. The molecule has 2 rings (SSSR count). The minimum Gasteiger partial charge on any atom is -0.504 e. The summed E-state index contributed by atoms with van der Waals surface area (Å²) in [5.41, 5.74) is 2.25. The first-order chi connectivity index (χ1) is 9.29. The molecule has 1 saturated heterocycles. The van der Waals surface area contributed by atoms with Gasteiger partial charge >= 0.3 is 6.09 Å². The number of nitrogens with zero attached hydrogens (tertiary/aromatic N) is 1. The molecule has 1 aromatic rings. The predicted octanol–water partition coefficient (Wildman–Crippen LogP) is 2.95. The lowest BCUT2D eigenvalue weighted by molar-refractivity contribution is 0.0932. The number of amides is 1. The molecule has 0 aromatic heterocycles. The molecular formula is C15H19NO3. The third kappa shape index (κ3) is 4.02. The van der Waals surface area contributed by atoms with E-state index >= 15 is 0 Å². The topological polar surface area (TPSA) is 38.8 Å². The summed E-state index contributed by atoms with van der Waals surface area (Å²) in [6, 6.07) is 9.71. The number of rotatable bonds is 3. The largest absolute Gasteiger partial charge is 0.504 e. The van der Waals surface area contributed by atoms with E-state index in [0.717, 1.165) is 18.4 Å². The Labute approximate surface area is 113 Å². The van der Waals surface area contributed by atoms with Crippen molar-refractivity contribution < 1.29 is 14.3 Å². The van der Waals surface area contributed by atoms with Crippen molar-refractivity contribution in [1.29, 1.82) is 0 Å². The Hall–Kier alpha value is -1.97. The van der Waals surface area contributed by atoms with E-state index in [4.69, 9.17) is 9.47 Å². The van der Waals surface area contributed by atoms with Crippen LogP contribution >= 0.6 is 0 Å². The summed E-state index contributed by atoms with van der Waals surface area (Å²) in [4.78, 5) is 13.6. The van der Waals surface area contributed by atoms with Gasteiger partial charge in [0.1, 0.15) is 6.61 Å². The van der Waals surface area contributed by atoms with Crippen LogP contribution in [0.3, 0.4) is 0 Å². The molecule has 0 aliphatic carbocycles. The van der Waals surface area contributed by atoms with E-state index in [1.54, 1.807) is 18.3 Å². The second-order valence-electron chi connectivity index (χ2n) is 4.54. The number of likely N-dealkylation sites (tertiary alicyclic amines) is 1. The highest BCUT2D eigenvalue weighted by Crippen LogP contribution is 2.17. The van der Waals surface area contributed by atoms with Crippen LogP contribution in [0.2, 0.25) is 0 Å². The van der Waals surface area contributed by atoms with Gasteiger partial charge in [-0.1, -0.05) is 30.3 Å². The highest BCUT2D eigenvalue weighted by molar-refractivity contribution is 5.67. The molecule has 0 radical (unpaired) electrons. The van der Waals surface area contributed by atoms with Crippen LogP contribution in [0.4, 0.5) is 4.79 Å². The van der Waals surface area contributed by atoms with Crippen molar-refractivity contribution in [1.82, 2.24) is 4.90 Å². The molecule has 0 unspecified atom stereocenters. The number of ether oxygens (including phenoxy) is 2. The fourth-order valence-corrected chi connectivity index (χ4v) is 2.07. The van der Waals surface area contributed by atoms with Crippen molar-refractivity contribution in [3.05, 3.63) is 47.7 Å². The molecule has 0 bridgehead atoms. The molecule has 1 heterocycles. The van der Waals surface area contributed by atoms with Crippen molar-refractivity contribution in [3.8, 4) is 0 Å². The molecule has 0 N–H and O–H groups in total. The van der Waals surface area contributed by atoms with Gasteiger partial charge in [0.25, 0.3) is 0 Å². The predicted molar refractivity (Wildman–Crippen MR) is 72.5 cm³/mol. The molecule has 19 heavy (non-hydrogen) atoms. The van der Waals surface area contributed by atoms with E-state index in [1.807, 2.05) is 30.3 Å². The van der Waals surface area contributed by atoms with Crippen molar-refractivity contribution in [2.75, 3.05) is 20.2 Å². The SMILES string of the molecule is COC=C1CCN(C(=O)OCc2ccccc2)CC1. The van der Waals surface area contributed by atoms with Gasteiger partial charge < -0.3 is 14.4 Å². The number of methoxy groups -OCH3 is 1. The zero-order valence-corrected chi connectivity index (χ0v) is 11.2. The average molecular weight is 261 g/mol. The van der Waals surface area contributed by atoms with Crippen LogP contribution in [0.1, 0.15) is 18.4 Å². The number of piperidine rings is 1. The molecule has 0 spiro atoms. The van der Waals surface area contributed by atoms with Gasteiger partial charge in [0.2, 0.25) is 0 Å². The van der Waals surface area contributed by atoms with Crippen molar-refractivity contribution in [2.24, 2.45) is 0 Å². The summed E-state index contributed by atoms with van der Waals surface area (Å²) in [6.45, 7) is 1.72. The zero-order chi connectivity index (χ0) is 13.5. The number of carbonyl (C=O) groups excluding carboxylic acids is 1. The molecule has 0 saturated carbocycles. The van der Waals surface area contributed by atoms with Crippen molar-refractivity contribution in [2.45, 2.75) is 19.4 Å². The van der Waals surface area contributed by atoms with Crippen molar-refractivity contribution >= 4 is 6.09 Å². The fraction of sp³-hybridized carbons (Fsp3) is 0.400. The van der Waals surface area contributed by atoms with Gasteiger partial charge in [-0.15, -0.1) is 0 Å². The number of carbonyl (C=O) groups is 1.